The number of aromatic hydroxyl groups is 1. The minimum absolute atomic E-state index is 0.0337. The molecule has 0 fully saturated rings. The number of nitrogens with zero attached hydrogens (tertiary/aromatic N) is 2. The highest BCUT2D eigenvalue weighted by Crippen LogP contribution is 2.30. The first kappa shape index (κ1) is 26.9. The fourth-order valence-corrected chi connectivity index (χ4v) is 5.15. The van der Waals surface area contributed by atoms with Crippen LogP contribution in [0.1, 0.15) is 22.9 Å². The van der Waals surface area contributed by atoms with Crippen molar-refractivity contribution in [1.29, 1.82) is 0 Å². The van der Waals surface area contributed by atoms with Gasteiger partial charge in [-0.15, -0.1) is 0 Å². The van der Waals surface area contributed by atoms with E-state index in [4.69, 9.17) is 5.14 Å². The number of hydrogen-bond donors (Lipinski definition) is 4. The number of fused-ring (bicyclic) bond motifs is 1. The van der Waals surface area contributed by atoms with Crippen molar-refractivity contribution in [2.45, 2.75) is 23.8 Å². The van der Waals surface area contributed by atoms with Crippen LogP contribution in [0.2, 0.25) is 0 Å². The van der Waals surface area contributed by atoms with Crippen molar-refractivity contribution in [1.82, 2.24) is 20.3 Å². The van der Waals surface area contributed by atoms with Gasteiger partial charge in [-0.1, -0.05) is 12.1 Å². The number of primary sulfonamides is 1. The molecule has 40 heavy (non-hydrogen) atoms. The highest BCUT2D eigenvalue weighted by Gasteiger charge is 2.23. The number of carbonyl (C=O) groups excluding carboxylic acids is 1. The average Bonchev–Trinajstić information content (AvgIpc) is 3.28. The van der Waals surface area contributed by atoms with Gasteiger partial charge in [0.1, 0.15) is 23.7 Å². The topological polar surface area (TPSA) is 151 Å². The Hall–Kier alpha value is -4.68. The normalized spacial score (nSPS) is 12.4. The van der Waals surface area contributed by atoms with E-state index in [1.54, 1.807) is 24.4 Å². The second-order valence-corrected chi connectivity index (χ2v) is 10.8. The molecule has 2 heterocycles. The maximum Gasteiger partial charge on any atom is 0.238 e. The van der Waals surface area contributed by atoms with Crippen LogP contribution in [-0.2, 0) is 27.7 Å². The van der Waals surface area contributed by atoms with Crippen LogP contribution in [0.15, 0.2) is 84.3 Å². The summed E-state index contributed by atoms with van der Waals surface area (Å²) in [6, 6.07) is 12.8. The number of H-pyrrole nitrogens is 1. The van der Waals surface area contributed by atoms with Crippen LogP contribution in [0.4, 0.5) is 8.78 Å². The molecule has 5 N–H and O–H groups in total. The molecule has 1 amide bonds. The molecule has 2 aromatic heterocycles. The van der Waals surface area contributed by atoms with E-state index in [-0.39, 0.29) is 29.1 Å². The third kappa shape index (κ3) is 5.98. The number of rotatable bonds is 8. The van der Waals surface area contributed by atoms with Crippen LogP contribution in [0.3, 0.4) is 0 Å². The summed E-state index contributed by atoms with van der Waals surface area (Å²) < 4.78 is 52.0. The first-order valence-electron chi connectivity index (χ1n) is 12.0. The Bertz CT molecular complexity index is 1820. The number of carbonyl (C=O) groups is 1. The molecule has 0 saturated heterocycles. The fraction of sp³-hybridized carbons (Fsp3) is 0.107. The van der Waals surface area contributed by atoms with Crippen LogP contribution in [0, 0.1) is 11.6 Å². The molecule has 9 nitrogen and oxygen atoms in total. The summed E-state index contributed by atoms with van der Waals surface area (Å²) in [5.74, 6) is -1.93. The second kappa shape index (κ2) is 10.8. The lowest BCUT2D eigenvalue weighted by molar-refractivity contribution is -0.121. The van der Waals surface area contributed by atoms with Crippen molar-refractivity contribution in [2.75, 3.05) is 0 Å². The number of phenolic OH excluding ortho intramolecular Hbond substituents is 1. The molecule has 1 atom stereocenters. The van der Waals surface area contributed by atoms with Crippen LogP contribution in [-0.4, -0.2) is 34.4 Å². The standard InChI is InChI=1S/C28H23F2N5O4S/c29-19-6-16(7-20(30)11-19)8-26(35-27(37)10-18-13-33-25-5-4-21(36)12-23(18)25)28-24(14-32-15-34-28)17-2-1-3-22(9-17)40(31,38)39/h1-7,9,11-15,26,33,36H,8,10H2,(H,35,37)(H2,31,38,39). The van der Waals surface area contributed by atoms with Gasteiger partial charge in [-0.05, 0) is 65.6 Å². The maximum atomic E-state index is 14.0. The van der Waals surface area contributed by atoms with E-state index in [0.29, 0.717) is 27.8 Å². The molecule has 0 aliphatic heterocycles. The van der Waals surface area contributed by atoms with Crippen molar-refractivity contribution in [2.24, 2.45) is 5.14 Å². The van der Waals surface area contributed by atoms with E-state index in [1.165, 1.54) is 36.8 Å². The van der Waals surface area contributed by atoms with Crippen LogP contribution in [0.5, 0.6) is 5.75 Å². The first-order valence-corrected chi connectivity index (χ1v) is 13.6. The number of amides is 1. The molecule has 0 bridgehead atoms. The summed E-state index contributed by atoms with van der Waals surface area (Å²) in [6.07, 6.45) is 4.27. The quantitative estimate of drug-likeness (QED) is 0.225. The Morgan fingerprint density at radius 1 is 1.07 bits per heavy atom. The molecule has 0 radical (unpaired) electrons. The Kier molecular flexibility index (Phi) is 7.28. The predicted molar refractivity (Wildman–Crippen MR) is 143 cm³/mol. The van der Waals surface area contributed by atoms with Gasteiger partial charge in [0.2, 0.25) is 15.9 Å². The van der Waals surface area contributed by atoms with Crippen LogP contribution in [0.25, 0.3) is 22.0 Å². The molecular formula is C28H23F2N5O4S. The minimum Gasteiger partial charge on any atom is -0.508 e. The van der Waals surface area contributed by atoms with E-state index < -0.39 is 33.6 Å². The lowest BCUT2D eigenvalue weighted by Gasteiger charge is -2.21. The smallest absolute Gasteiger partial charge is 0.238 e. The van der Waals surface area contributed by atoms with E-state index in [2.05, 4.69) is 20.3 Å². The van der Waals surface area contributed by atoms with Crippen molar-refractivity contribution >= 4 is 26.8 Å². The van der Waals surface area contributed by atoms with E-state index in [9.17, 15) is 27.1 Å². The van der Waals surface area contributed by atoms with Crippen molar-refractivity contribution < 1.29 is 27.1 Å². The molecule has 3 aromatic carbocycles. The molecule has 0 aliphatic carbocycles. The van der Waals surface area contributed by atoms with Crippen molar-refractivity contribution in [3.05, 3.63) is 108 Å². The molecule has 12 heteroatoms. The van der Waals surface area contributed by atoms with Gasteiger partial charge in [0.25, 0.3) is 0 Å². The SMILES string of the molecule is NS(=O)(=O)c1cccc(-c2cncnc2C(Cc2cc(F)cc(F)c2)NC(=O)Cc2c[nH]c3ccc(O)cc23)c1. The number of sulfonamides is 1. The Labute approximate surface area is 227 Å². The summed E-state index contributed by atoms with van der Waals surface area (Å²) in [5.41, 5.74) is 2.74. The number of hydrogen-bond acceptors (Lipinski definition) is 6. The molecular weight excluding hydrogens is 540 g/mol. The lowest BCUT2D eigenvalue weighted by Crippen LogP contribution is -2.32. The van der Waals surface area contributed by atoms with Gasteiger partial charge in [-0.25, -0.2) is 32.3 Å². The van der Waals surface area contributed by atoms with Gasteiger partial charge in [0.05, 0.1) is 23.1 Å². The number of nitrogens with two attached hydrogens (primary N) is 1. The number of aromatic nitrogens is 3. The largest absolute Gasteiger partial charge is 0.508 e. The molecule has 0 saturated carbocycles. The third-order valence-corrected chi connectivity index (χ3v) is 7.26. The van der Waals surface area contributed by atoms with Gasteiger partial charge in [0.15, 0.2) is 0 Å². The number of benzene rings is 3. The predicted octanol–water partition coefficient (Wildman–Crippen LogP) is 3.90. The zero-order valence-electron chi connectivity index (χ0n) is 20.8. The average molecular weight is 564 g/mol. The van der Waals surface area contributed by atoms with E-state index in [0.717, 1.165) is 23.7 Å². The number of aromatic amines is 1. The highest BCUT2D eigenvalue weighted by atomic mass is 32.2. The molecule has 1 unspecified atom stereocenters. The summed E-state index contributed by atoms with van der Waals surface area (Å²) >= 11 is 0. The maximum absolute atomic E-state index is 14.0. The van der Waals surface area contributed by atoms with Crippen LogP contribution >= 0.6 is 0 Å². The summed E-state index contributed by atoms with van der Waals surface area (Å²) in [7, 11) is -4.01. The number of nitrogens with one attached hydrogen (secondary N) is 2. The first-order chi connectivity index (χ1) is 19.1. The monoisotopic (exact) mass is 563 g/mol. The summed E-state index contributed by atoms with van der Waals surface area (Å²) in [6.45, 7) is 0. The summed E-state index contributed by atoms with van der Waals surface area (Å²) in [5, 5.41) is 18.8. The van der Waals surface area contributed by atoms with Gasteiger partial charge in [-0.2, -0.15) is 0 Å². The Morgan fingerprint density at radius 2 is 1.85 bits per heavy atom. The zero-order chi connectivity index (χ0) is 28.4. The molecule has 0 aliphatic rings. The lowest BCUT2D eigenvalue weighted by atomic mass is 9.96. The Morgan fingerprint density at radius 3 is 2.60 bits per heavy atom. The fourth-order valence-electron chi connectivity index (χ4n) is 4.59. The highest BCUT2D eigenvalue weighted by molar-refractivity contribution is 7.89. The van der Waals surface area contributed by atoms with Gasteiger partial charge < -0.3 is 15.4 Å². The molecule has 5 aromatic rings. The van der Waals surface area contributed by atoms with Gasteiger partial charge in [-0.3, -0.25) is 4.79 Å². The van der Waals surface area contributed by atoms with Crippen molar-refractivity contribution in [3.8, 4) is 16.9 Å². The van der Waals surface area contributed by atoms with Crippen molar-refractivity contribution in [3.63, 3.8) is 0 Å². The summed E-state index contributed by atoms with van der Waals surface area (Å²) in [4.78, 5) is 24.7. The van der Waals surface area contributed by atoms with Gasteiger partial charge in [0, 0.05) is 34.9 Å². The van der Waals surface area contributed by atoms with Gasteiger partial charge >= 0.3 is 0 Å². The van der Waals surface area contributed by atoms with E-state index in [1.807, 2.05) is 0 Å². The van der Waals surface area contributed by atoms with E-state index >= 15 is 0 Å². The zero-order valence-corrected chi connectivity index (χ0v) is 21.6. The Balaban J connectivity index is 1.53. The second-order valence-electron chi connectivity index (χ2n) is 9.22. The van der Waals surface area contributed by atoms with Crippen LogP contribution < -0.4 is 10.5 Å². The molecule has 204 valence electrons. The number of halogens is 2. The number of phenols is 1. The minimum atomic E-state index is -4.01. The third-order valence-electron chi connectivity index (χ3n) is 6.35. The molecule has 0 spiro atoms. The molecule has 5 rings (SSSR count).